The second-order valence-electron chi connectivity index (χ2n) is 5.08. The summed E-state index contributed by atoms with van der Waals surface area (Å²) in [5.41, 5.74) is 0.918. The predicted molar refractivity (Wildman–Crippen MR) is 77.0 cm³/mol. The van der Waals surface area contributed by atoms with Gasteiger partial charge in [-0.1, -0.05) is 6.07 Å². The molecule has 1 aliphatic heterocycles. The van der Waals surface area contributed by atoms with E-state index in [0.717, 1.165) is 36.6 Å². The smallest absolute Gasteiger partial charge is 0.161 e. The van der Waals surface area contributed by atoms with Crippen molar-refractivity contribution in [2.75, 3.05) is 40.4 Å². The summed E-state index contributed by atoms with van der Waals surface area (Å²) in [4.78, 5) is 2.13. The molecule has 0 amide bonds. The molecule has 5 nitrogen and oxygen atoms in total. The number of benzene rings is 1. The second-order valence-corrected chi connectivity index (χ2v) is 5.08. The summed E-state index contributed by atoms with van der Waals surface area (Å²) in [5.74, 6) is 1.48. The minimum Gasteiger partial charge on any atom is -0.486 e. The molecular formula is C15H21N3O2. The highest BCUT2D eigenvalue weighted by Crippen LogP contribution is 2.32. The van der Waals surface area contributed by atoms with Crippen LogP contribution in [0.2, 0.25) is 0 Å². The Labute approximate surface area is 120 Å². The highest BCUT2D eigenvalue weighted by molar-refractivity contribution is 5.45. The second kappa shape index (κ2) is 7.13. The fourth-order valence-electron chi connectivity index (χ4n) is 2.12. The third kappa shape index (κ3) is 3.86. The molecule has 0 spiro atoms. The van der Waals surface area contributed by atoms with Crippen molar-refractivity contribution >= 4 is 0 Å². The van der Waals surface area contributed by atoms with E-state index in [1.54, 1.807) is 0 Å². The summed E-state index contributed by atoms with van der Waals surface area (Å²) in [5, 5.41) is 12.6. The summed E-state index contributed by atoms with van der Waals surface area (Å²) in [6, 6.07) is 7.66. The first-order valence-corrected chi connectivity index (χ1v) is 6.88. The summed E-state index contributed by atoms with van der Waals surface area (Å²) in [6.07, 6.45) is 1.01. The monoisotopic (exact) mass is 275 g/mol. The first-order valence-electron chi connectivity index (χ1n) is 6.88. The van der Waals surface area contributed by atoms with Crippen LogP contribution in [0.3, 0.4) is 0 Å². The molecule has 1 unspecified atom stereocenters. The van der Waals surface area contributed by atoms with Gasteiger partial charge in [0.15, 0.2) is 11.5 Å². The Morgan fingerprint density at radius 3 is 2.75 bits per heavy atom. The number of nitriles is 1. The standard InChI is InChI=1S/C15H21N3O2/c1-18(2)7-3-6-17-13(11-16)12-4-5-14-15(10-12)20-9-8-19-14/h4-5,10,13,17H,3,6-9H2,1-2H3. The summed E-state index contributed by atoms with van der Waals surface area (Å²) < 4.78 is 11.0. The van der Waals surface area contributed by atoms with Gasteiger partial charge < -0.3 is 14.4 Å². The Kier molecular flexibility index (Phi) is 5.22. The van der Waals surface area contributed by atoms with Gasteiger partial charge in [-0.15, -0.1) is 0 Å². The van der Waals surface area contributed by atoms with Gasteiger partial charge in [-0.25, -0.2) is 0 Å². The van der Waals surface area contributed by atoms with Crippen molar-refractivity contribution in [3.8, 4) is 17.6 Å². The molecular weight excluding hydrogens is 254 g/mol. The lowest BCUT2D eigenvalue weighted by molar-refractivity contribution is 0.171. The molecule has 2 rings (SSSR count). The molecule has 0 aliphatic carbocycles. The van der Waals surface area contributed by atoms with Gasteiger partial charge in [0, 0.05) is 0 Å². The molecule has 0 radical (unpaired) electrons. The quantitative estimate of drug-likeness (QED) is 0.799. The lowest BCUT2D eigenvalue weighted by Crippen LogP contribution is -2.25. The normalized spacial score (nSPS) is 14.9. The van der Waals surface area contributed by atoms with Crippen LogP contribution >= 0.6 is 0 Å². The maximum atomic E-state index is 9.30. The van der Waals surface area contributed by atoms with E-state index in [1.165, 1.54) is 0 Å². The van der Waals surface area contributed by atoms with Crippen LogP contribution in [0.25, 0.3) is 0 Å². The van der Waals surface area contributed by atoms with Crippen molar-refractivity contribution in [3.63, 3.8) is 0 Å². The van der Waals surface area contributed by atoms with Crippen LogP contribution in [-0.4, -0.2) is 45.3 Å². The number of nitrogens with zero attached hydrogens (tertiary/aromatic N) is 2. The Hall–Kier alpha value is -1.77. The minimum atomic E-state index is -0.312. The molecule has 0 aromatic heterocycles. The molecule has 108 valence electrons. The summed E-state index contributed by atoms with van der Waals surface area (Å²) in [6.45, 7) is 2.96. The molecule has 0 saturated heterocycles. The van der Waals surface area contributed by atoms with Gasteiger partial charge in [0.05, 0.1) is 6.07 Å². The molecule has 0 bridgehead atoms. The van der Waals surface area contributed by atoms with Crippen molar-refractivity contribution in [1.29, 1.82) is 5.26 Å². The van der Waals surface area contributed by atoms with E-state index < -0.39 is 0 Å². The molecule has 1 aromatic rings. The van der Waals surface area contributed by atoms with Gasteiger partial charge >= 0.3 is 0 Å². The Morgan fingerprint density at radius 1 is 1.30 bits per heavy atom. The van der Waals surface area contributed by atoms with Gasteiger partial charge in [0.25, 0.3) is 0 Å². The van der Waals surface area contributed by atoms with Gasteiger partial charge in [0.2, 0.25) is 0 Å². The average Bonchev–Trinajstić information content (AvgIpc) is 2.46. The largest absolute Gasteiger partial charge is 0.486 e. The molecule has 1 N–H and O–H groups in total. The Balaban J connectivity index is 1.95. The zero-order valence-electron chi connectivity index (χ0n) is 12.1. The SMILES string of the molecule is CN(C)CCCNC(C#N)c1ccc2c(c1)OCCO2. The Bertz CT molecular complexity index is 482. The molecule has 20 heavy (non-hydrogen) atoms. The van der Waals surface area contributed by atoms with Gasteiger partial charge in [-0.05, 0) is 51.3 Å². The van der Waals surface area contributed by atoms with Gasteiger partial charge in [-0.2, -0.15) is 5.26 Å². The minimum absolute atomic E-state index is 0.312. The van der Waals surface area contributed by atoms with Crippen LogP contribution in [0, 0.1) is 11.3 Å². The van der Waals surface area contributed by atoms with Crippen molar-refractivity contribution in [1.82, 2.24) is 10.2 Å². The molecule has 1 aromatic carbocycles. The van der Waals surface area contributed by atoms with Crippen molar-refractivity contribution in [3.05, 3.63) is 23.8 Å². The van der Waals surface area contributed by atoms with E-state index >= 15 is 0 Å². The summed E-state index contributed by atoms with van der Waals surface area (Å²) in [7, 11) is 4.09. The van der Waals surface area contributed by atoms with E-state index in [9.17, 15) is 5.26 Å². The third-order valence-corrected chi connectivity index (χ3v) is 3.16. The zero-order valence-corrected chi connectivity index (χ0v) is 12.1. The average molecular weight is 275 g/mol. The first kappa shape index (κ1) is 14.6. The number of hydrogen-bond donors (Lipinski definition) is 1. The van der Waals surface area contributed by atoms with Crippen molar-refractivity contribution in [2.45, 2.75) is 12.5 Å². The molecule has 1 atom stereocenters. The molecule has 0 fully saturated rings. The number of ether oxygens (including phenoxy) is 2. The highest BCUT2D eigenvalue weighted by Gasteiger charge is 2.16. The number of nitrogens with one attached hydrogen (secondary N) is 1. The van der Waals surface area contributed by atoms with E-state index in [0.29, 0.717) is 13.2 Å². The van der Waals surface area contributed by atoms with Crippen LogP contribution in [0.1, 0.15) is 18.0 Å². The van der Waals surface area contributed by atoms with E-state index in [2.05, 4.69) is 16.3 Å². The molecule has 1 heterocycles. The lowest BCUT2D eigenvalue weighted by atomic mass is 10.1. The number of fused-ring (bicyclic) bond motifs is 1. The fraction of sp³-hybridized carbons (Fsp3) is 0.533. The molecule has 1 aliphatic rings. The molecule has 0 saturated carbocycles. The van der Waals surface area contributed by atoms with E-state index in [4.69, 9.17) is 9.47 Å². The highest BCUT2D eigenvalue weighted by atomic mass is 16.6. The summed E-state index contributed by atoms with van der Waals surface area (Å²) >= 11 is 0. The maximum Gasteiger partial charge on any atom is 0.161 e. The van der Waals surface area contributed by atoms with Crippen LogP contribution < -0.4 is 14.8 Å². The zero-order chi connectivity index (χ0) is 14.4. The number of hydrogen-bond acceptors (Lipinski definition) is 5. The van der Waals surface area contributed by atoms with Gasteiger partial charge in [0.1, 0.15) is 19.3 Å². The fourth-order valence-corrected chi connectivity index (χ4v) is 2.12. The van der Waals surface area contributed by atoms with Crippen LogP contribution in [0.15, 0.2) is 18.2 Å². The van der Waals surface area contributed by atoms with Crippen LogP contribution in [-0.2, 0) is 0 Å². The van der Waals surface area contributed by atoms with Crippen LogP contribution in [0.5, 0.6) is 11.5 Å². The van der Waals surface area contributed by atoms with E-state index in [1.807, 2.05) is 32.3 Å². The maximum absolute atomic E-state index is 9.30. The first-order chi connectivity index (χ1) is 9.70. The third-order valence-electron chi connectivity index (χ3n) is 3.16. The van der Waals surface area contributed by atoms with Crippen LogP contribution in [0.4, 0.5) is 0 Å². The lowest BCUT2D eigenvalue weighted by Gasteiger charge is -2.20. The molecule has 5 heteroatoms. The predicted octanol–water partition coefficient (Wildman–Crippen LogP) is 1.56. The van der Waals surface area contributed by atoms with E-state index in [-0.39, 0.29) is 6.04 Å². The van der Waals surface area contributed by atoms with Crippen molar-refractivity contribution < 1.29 is 9.47 Å². The number of rotatable bonds is 6. The Morgan fingerprint density at radius 2 is 2.05 bits per heavy atom. The topological polar surface area (TPSA) is 57.5 Å². The van der Waals surface area contributed by atoms with Crippen molar-refractivity contribution in [2.24, 2.45) is 0 Å². The van der Waals surface area contributed by atoms with Gasteiger partial charge in [-0.3, -0.25) is 5.32 Å².